The monoisotopic (exact) mass is 325 g/mol. The maximum absolute atomic E-state index is 11.6. The Kier molecular flexibility index (Phi) is 4.98. The number of carbonyl (C=O) groups is 1. The average molecular weight is 326 g/mol. The van der Waals surface area contributed by atoms with E-state index in [1.54, 1.807) is 0 Å². The van der Waals surface area contributed by atoms with Crippen LogP contribution in [0.2, 0.25) is 5.15 Å². The Hall–Kier alpha value is -1.86. The van der Waals surface area contributed by atoms with Crippen LogP contribution in [0.15, 0.2) is 33.2 Å². The molecule has 8 heteroatoms. The van der Waals surface area contributed by atoms with E-state index in [2.05, 4.69) is 15.0 Å². The number of pyridine rings is 1. The smallest absolute Gasteiger partial charge is 0.338 e. The third kappa shape index (κ3) is 4.05. The highest BCUT2D eigenvalue weighted by molar-refractivity contribution is 7.99. The third-order valence-corrected chi connectivity index (χ3v) is 3.63. The molecule has 0 aliphatic carbocycles. The second kappa shape index (κ2) is 6.73. The molecule has 0 radical (unpaired) electrons. The number of hydrogen-bond donors (Lipinski definition) is 2. The number of rotatable bonds is 5. The lowest BCUT2D eigenvalue weighted by atomic mass is 10.2. The molecule has 2 aromatic rings. The lowest BCUT2D eigenvalue weighted by Crippen LogP contribution is -2.10. The number of hydrogen-bond acceptors (Lipinski definition) is 5. The molecule has 0 aliphatic rings. The first-order valence-corrected chi connectivity index (χ1v) is 7.37. The SMILES string of the molecule is CCCc1cc(=O)[nH]c(Sc2nc(Cl)ccc2C(=O)O)n1. The molecule has 0 aromatic carbocycles. The lowest BCUT2D eigenvalue weighted by Gasteiger charge is -2.06. The van der Waals surface area contributed by atoms with E-state index in [1.165, 1.54) is 18.2 Å². The van der Waals surface area contributed by atoms with E-state index >= 15 is 0 Å². The molecule has 2 heterocycles. The third-order valence-electron chi connectivity index (χ3n) is 2.53. The average Bonchev–Trinajstić information content (AvgIpc) is 2.38. The minimum Gasteiger partial charge on any atom is -0.478 e. The molecule has 2 rings (SSSR count). The molecule has 0 spiro atoms. The summed E-state index contributed by atoms with van der Waals surface area (Å²) >= 11 is 6.76. The maximum atomic E-state index is 11.6. The summed E-state index contributed by atoms with van der Waals surface area (Å²) in [7, 11) is 0. The second-order valence-corrected chi connectivity index (χ2v) is 5.55. The van der Waals surface area contributed by atoms with E-state index < -0.39 is 5.97 Å². The number of aromatic amines is 1. The van der Waals surface area contributed by atoms with Gasteiger partial charge in [0.05, 0.1) is 5.56 Å². The van der Waals surface area contributed by atoms with E-state index in [1.807, 2.05) is 6.92 Å². The zero-order valence-electron chi connectivity index (χ0n) is 11.1. The number of nitrogens with zero attached hydrogens (tertiary/aromatic N) is 2. The number of aromatic nitrogens is 3. The highest BCUT2D eigenvalue weighted by atomic mass is 35.5. The van der Waals surface area contributed by atoms with Crippen LogP contribution in [-0.2, 0) is 6.42 Å². The number of halogens is 1. The van der Waals surface area contributed by atoms with Crippen molar-refractivity contribution >= 4 is 29.3 Å². The first kappa shape index (κ1) is 15.5. The summed E-state index contributed by atoms with van der Waals surface area (Å²) in [6.45, 7) is 1.98. The van der Waals surface area contributed by atoms with Crippen molar-refractivity contribution in [2.45, 2.75) is 29.9 Å². The van der Waals surface area contributed by atoms with Gasteiger partial charge in [0.25, 0.3) is 5.56 Å². The number of aromatic carboxylic acids is 1. The molecule has 0 fully saturated rings. The first-order valence-electron chi connectivity index (χ1n) is 6.17. The molecule has 21 heavy (non-hydrogen) atoms. The minimum atomic E-state index is -1.12. The van der Waals surface area contributed by atoms with Gasteiger partial charge in [-0.2, -0.15) is 0 Å². The van der Waals surface area contributed by atoms with Crippen LogP contribution in [0.4, 0.5) is 0 Å². The Balaban J connectivity index is 2.40. The zero-order chi connectivity index (χ0) is 15.4. The summed E-state index contributed by atoms with van der Waals surface area (Å²) in [5, 5.41) is 9.80. The van der Waals surface area contributed by atoms with Crippen LogP contribution in [0.5, 0.6) is 0 Å². The van der Waals surface area contributed by atoms with Gasteiger partial charge in [-0.05, 0) is 30.3 Å². The van der Waals surface area contributed by atoms with Gasteiger partial charge in [-0.1, -0.05) is 24.9 Å². The summed E-state index contributed by atoms with van der Waals surface area (Å²) in [6.07, 6.45) is 1.53. The van der Waals surface area contributed by atoms with Crippen LogP contribution >= 0.6 is 23.4 Å². The topological polar surface area (TPSA) is 95.9 Å². The summed E-state index contributed by atoms with van der Waals surface area (Å²) < 4.78 is 0. The maximum Gasteiger partial charge on any atom is 0.338 e. The van der Waals surface area contributed by atoms with Gasteiger partial charge in [0, 0.05) is 11.8 Å². The van der Waals surface area contributed by atoms with Crippen molar-refractivity contribution in [2.75, 3.05) is 0 Å². The van der Waals surface area contributed by atoms with Gasteiger partial charge in [-0.25, -0.2) is 14.8 Å². The van der Waals surface area contributed by atoms with E-state index in [0.717, 1.165) is 18.2 Å². The number of aryl methyl sites for hydroxylation is 1. The fraction of sp³-hybridized carbons (Fsp3) is 0.231. The molecule has 0 saturated heterocycles. The van der Waals surface area contributed by atoms with Gasteiger partial charge >= 0.3 is 5.97 Å². The van der Waals surface area contributed by atoms with Crippen molar-refractivity contribution in [3.05, 3.63) is 45.0 Å². The van der Waals surface area contributed by atoms with Crippen molar-refractivity contribution in [1.82, 2.24) is 15.0 Å². The Labute approximate surface area is 129 Å². The Morgan fingerprint density at radius 3 is 2.86 bits per heavy atom. The molecule has 110 valence electrons. The molecule has 6 nitrogen and oxygen atoms in total. The van der Waals surface area contributed by atoms with Crippen LogP contribution in [0.3, 0.4) is 0 Å². The predicted molar refractivity (Wildman–Crippen MR) is 79.2 cm³/mol. The Bertz CT molecular complexity index is 733. The summed E-state index contributed by atoms with van der Waals surface area (Å²) in [6, 6.07) is 4.20. The van der Waals surface area contributed by atoms with Crippen LogP contribution in [-0.4, -0.2) is 26.0 Å². The quantitative estimate of drug-likeness (QED) is 0.648. The highest BCUT2D eigenvalue weighted by Crippen LogP contribution is 2.27. The van der Waals surface area contributed by atoms with E-state index in [9.17, 15) is 9.59 Å². The fourth-order valence-corrected chi connectivity index (χ4v) is 2.77. The number of H-pyrrole nitrogens is 1. The van der Waals surface area contributed by atoms with Gasteiger partial charge < -0.3 is 10.1 Å². The summed E-state index contributed by atoms with van der Waals surface area (Å²) in [5.74, 6) is -1.12. The van der Waals surface area contributed by atoms with Gasteiger partial charge in [-0.3, -0.25) is 4.79 Å². The lowest BCUT2D eigenvalue weighted by molar-refractivity contribution is 0.0692. The Morgan fingerprint density at radius 1 is 1.43 bits per heavy atom. The van der Waals surface area contributed by atoms with Gasteiger partial charge in [0.15, 0.2) is 5.16 Å². The van der Waals surface area contributed by atoms with E-state index in [0.29, 0.717) is 17.3 Å². The van der Waals surface area contributed by atoms with Gasteiger partial charge in [0.1, 0.15) is 10.2 Å². The molecule has 0 aliphatic heterocycles. The number of carboxylic acids is 1. The second-order valence-electron chi connectivity index (χ2n) is 4.19. The van der Waals surface area contributed by atoms with Crippen LogP contribution in [0, 0.1) is 0 Å². The molecule has 0 unspecified atom stereocenters. The first-order chi connectivity index (χ1) is 9.99. The molecule has 0 saturated carbocycles. The summed E-state index contributed by atoms with van der Waals surface area (Å²) in [5.41, 5.74) is 0.380. The number of carboxylic acid groups (broad SMARTS) is 1. The fourth-order valence-electron chi connectivity index (χ4n) is 1.67. The predicted octanol–water partition coefficient (Wildman–Crippen LogP) is 2.62. The van der Waals surface area contributed by atoms with Crippen LogP contribution in [0.25, 0.3) is 0 Å². The molecule has 0 bridgehead atoms. The van der Waals surface area contributed by atoms with Gasteiger partial charge in [-0.15, -0.1) is 0 Å². The largest absolute Gasteiger partial charge is 0.478 e. The van der Waals surface area contributed by atoms with E-state index in [-0.39, 0.29) is 21.3 Å². The van der Waals surface area contributed by atoms with Crippen LogP contribution < -0.4 is 5.56 Å². The zero-order valence-corrected chi connectivity index (χ0v) is 12.7. The Morgan fingerprint density at radius 2 is 2.19 bits per heavy atom. The van der Waals surface area contributed by atoms with Crippen molar-refractivity contribution in [1.29, 1.82) is 0 Å². The molecule has 0 atom stereocenters. The summed E-state index contributed by atoms with van der Waals surface area (Å²) in [4.78, 5) is 33.6. The molecular weight excluding hydrogens is 314 g/mol. The minimum absolute atomic E-state index is 0.00736. The molecule has 0 amide bonds. The van der Waals surface area contributed by atoms with Crippen molar-refractivity contribution < 1.29 is 9.90 Å². The van der Waals surface area contributed by atoms with Crippen molar-refractivity contribution in [3.63, 3.8) is 0 Å². The number of nitrogens with one attached hydrogen (secondary N) is 1. The van der Waals surface area contributed by atoms with E-state index in [4.69, 9.17) is 16.7 Å². The molecule has 2 aromatic heterocycles. The highest BCUT2D eigenvalue weighted by Gasteiger charge is 2.15. The molecule has 2 N–H and O–H groups in total. The van der Waals surface area contributed by atoms with Crippen LogP contribution in [0.1, 0.15) is 29.4 Å². The normalized spacial score (nSPS) is 10.6. The standard InChI is InChI=1S/C13H12ClN3O3S/c1-2-3-7-6-10(18)17-13(15-7)21-11-8(12(19)20)4-5-9(14)16-11/h4-6H,2-3H2,1H3,(H,19,20)(H,15,17,18). The molecular formula is C13H12ClN3O3S. The van der Waals surface area contributed by atoms with Gasteiger partial charge in [0.2, 0.25) is 0 Å². The van der Waals surface area contributed by atoms with Crippen molar-refractivity contribution in [3.8, 4) is 0 Å². The van der Waals surface area contributed by atoms with Crippen molar-refractivity contribution in [2.24, 2.45) is 0 Å².